The summed E-state index contributed by atoms with van der Waals surface area (Å²) in [7, 11) is 4.62. The summed E-state index contributed by atoms with van der Waals surface area (Å²) in [5.74, 6) is 0.776. The number of hydrogen-bond donors (Lipinski definition) is 2. The molecule has 2 aromatic heterocycles. The highest BCUT2D eigenvalue weighted by Gasteiger charge is 2.21. The van der Waals surface area contributed by atoms with Gasteiger partial charge in [0.1, 0.15) is 17.1 Å². The number of carbonyl (C=O) groups is 1. The Balaban J connectivity index is 1.81. The maximum Gasteiger partial charge on any atom is 0.259 e. The molecular weight excluding hydrogens is 517 g/mol. The lowest BCUT2D eigenvalue weighted by Crippen LogP contribution is -2.20. The number of aryl methyl sites for hydroxylation is 2. The first-order valence-corrected chi connectivity index (χ1v) is 11.7. The van der Waals surface area contributed by atoms with Gasteiger partial charge in [-0.25, -0.2) is 4.98 Å². The summed E-state index contributed by atoms with van der Waals surface area (Å²) < 4.78 is 12.0. The van der Waals surface area contributed by atoms with Gasteiger partial charge in [-0.3, -0.25) is 14.2 Å². The Hall–Kier alpha value is -4.08. The molecule has 37 heavy (non-hydrogen) atoms. The SMILES string of the molecule is C=CC(=O)Nc1cc(OC)ccc1Nc1ncc2cc(-c3c(Cl)c(C)cc(OC)c3Cl)c(=O)n(C)c2n1. The zero-order valence-corrected chi connectivity index (χ0v) is 22.0. The van der Waals surface area contributed by atoms with Crippen LogP contribution in [0.15, 0.2) is 54.0 Å². The van der Waals surface area contributed by atoms with Crippen molar-refractivity contribution >= 4 is 57.5 Å². The molecule has 0 aliphatic heterocycles. The molecule has 4 aromatic rings. The Bertz CT molecular complexity index is 1620. The van der Waals surface area contributed by atoms with E-state index in [0.717, 1.165) is 11.6 Å². The number of amides is 1. The van der Waals surface area contributed by atoms with E-state index < -0.39 is 5.91 Å². The molecular formula is C26H23Cl2N5O4. The number of methoxy groups -OCH3 is 2. The van der Waals surface area contributed by atoms with Gasteiger partial charge in [-0.2, -0.15) is 4.98 Å². The summed E-state index contributed by atoms with van der Waals surface area (Å²) in [6.45, 7) is 5.28. The number of benzene rings is 2. The van der Waals surface area contributed by atoms with Gasteiger partial charge in [0.05, 0.1) is 41.2 Å². The molecule has 11 heteroatoms. The van der Waals surface area contributed by atoms with Crippen LogP contribution in [0.3, 0.4) is 0 Å². The Morgan fingerprint density at radius 1 is 1.11 bits per heavy atom. The topological polar surface area (TPSA) is 107 Å². The molecule has 0 atom stereocenters. The molecule has 4 rings (SSSR count). The van der Waals surface area contributed by atoms with E-state index >= 15 is 0 Å². The number of pyridine rings is 1. The number of hydrogen-bond acceptors (Lipinski definition) is 7. The number of aromatic nitrogens is 3. The van der Waals surface area contributed by atoms with Crippen LogP contribution >= 0.6 is 23.2 Å². The minimum absolute atomic E-state index is 0.211. The highest BCUT2D eigenvalue weighted by Crippen LogP contribution is 2.42. The molecule has 9 nitrogen and oxygen atoms in total. The van der Waals surface area contributed by atoms with Gasteiger partial charge in [-0.15, -0.1) is 0 Å². The molecule has 0 radical (unpaired) electrons. The summed E-state index contributed by atoms with van der Waals surface area (Å²) in [6.07, 6.45) is 2.74. The van der Waals surface area contributed by atoms with Crippen LogP contribution in [0.4, 0.5) is 17.3 Å². The van der Waals surface area contributed by atoms with E-state index in [4.69, 9.17) is 32.7 Å². The molecule has 2 aromatic carbocycles. The molecule has 190 valence electrons. The minimum atomic E-state index is -0.393. The highest BCUT2D eigenvalue weighted by molar-refractivity contribution is 6.40. The van der Waals surface area contributed by atoms with Gasteiger partial charge in [0, 0.05) is 30.3 Å². The quantitative estimate of drug-likeness (QED) is 0.298. The summed E-state index contributed by atoms with van der Waals surface area (Å²) >= 11 is 13.1. The van der Waals surface area contributed by atoms with E-state index in [1.165, 1.54) is 18.8 Å². The molecule has 0 spiro atoms. The van der Waals surface area contributed by atoms with Crippen LogP contribution in [0.2, 0.25) is 10.0 Å². The van der Waals surface area contributed by atoms with Crippen LogP contribution < -0.4 is 25.7 Å². The summed E-state index contributed by atoms with van der Waals surface area (Å²) in [5.41, 5.74) is 2.37. The fourth-order valence-electron chi connectivity index (χ4n) is 3.78. The van der Waals surface area contributed by atoms with Crippen molar-refractivity contribution in [3.05, 3.63) is 75.1 Å². The number of nitrogens with one attached hydrogen (secondary N) is 2. The minimum Gasteiger partial charge on any atom is -0.497 e. The van der Waals surface area contributed by atoms with Crippen LogP contribution in [0.5, 0.6) is 11.5 Å². The van der Waals surface area contributed by atoms with Crippen LogP contribution in [-0.4, -0.2) is 34.7 Å². The van der Waals surface area contributed by atoms with E-state index in [1.54, 1.807) is 43.6 Å². The fraction of sp³-hybridized carbons (Fsp3) is 0.154. The van der Waals surface area contributed by atoms with E-state index in [2.05, 4.69) is 27.2 Å². The predicted octanol–water partition coefficient (Wildman–Crippen LogP) is 5.50. The van der Waals surface area contributed by atoms with E-state index in [-0.39, 0.29) is 16.5 Å². The zero-order valence-electron chi connectivity index (χ0n) is 20.5. The first kappa shape index (κ1) is 26.0. The molecule has 0 aliphatic rings. The number of carbonyl (C=O) groups excluding carboxylic acids is 1. The first-order chi connectivity index (χ1) is 17.7. The monoisotopic (exact) mass is 539 g/mol. The molecule has 0 unspecified atom stereocenters. The molecule has 0 aliphatic carbocycles. The highest BCUT2D eigenvalue weighted by atomic mass is 35.5. The number of rotatable bonds is 7. The van der Waals surface area contributed by atoms with Crippen LogP contribution in [-0.2, 0) is 11.8 Å². The average Bonchev–Trinajstić information content (AvgIpc) is 2.90. The van der Waals surface area contributed by atoms with Crippen molar-refractivity contribution in [3.63, 3.8) is 0 Å². The van der Waals surface area contributed by atoms with Crippen LogP contribution in [0, 0.1) is 6.92 Å². The van der Waals surface area contributed by atoms with Crippen molar-refractivity contribution in [2.45, 2.75) is 6.92 Å². The van der Waals surface area contributed by atoms with Crippen LogP contribution in [0.25, 0.3) is 22.2 Å². The van der Waals surface area contributed by atoms with Gasteiger partial charge >= 0.3 is 0 Å². The second-order valence-corrected chi connectivity index (χ2v) is 8.78. The Morgan fingerprint density at radius 3 is 2.54 bits per heavy atom. The molecule has 0 bridgehead atoms. The molecule has 1 amide bonds. The second kappa shape index (κ2) is 10.5. The Kier molecular flexibility index (Phi) is 7.37. The van der Waals surface area contributed by atoms with E-state index in [1.807, 2.05) is 6.92 Å². The van der Waals surface area contributed by atoms with Crippen molar-refractivity contribution in [2.75, 3.05) is 24.9 Å². The summed E-state index contributed by atoms with van der Waals surface area (Å²) in [5, 5.41) is 6.98. The number of nitrogens with zero attached hydrogens (tertiary/aromatic N) is 3. The standard InChI is InChI=1S/C26H23Cl2N5O4/c1-6-20(34)30-18-11-15(36-4)7-8-17(18)31-26-29-12-14-10-16(25(35)33(3)24(14)32-26)21-22(27)13(2)9-19(37-5)23(21)28/h6-12H,1H2,2-5H3,(H,30,34)(H,29,31,32). The maximum atomic E-state index is 13.4. The number of fused-ring (bicyclic) bond motifs is 1. The third-order valence-electron chi connectivity index (χ3n) is 5.70. The molecule has 0 fully saturated rings. The van der Waals surface area contributed by atoms with Gasteiger partial charge in [-0.05, 0) is 42.8 Å². The average molecular weight is 540 g/mol. The lowest BCUT2D eigenvalue weighted by atomic mass is 10.0. The zero-order chi connectivity index (χ0) is 26.9. The second-order valence-electron chi connectivity index (χ2n) is 8.02. The number of halogens is 2. The Labute approximate surface area is 222 Å². The van der Waals surface area contributed by atoms with Gasteiger partial charge in [-0.1, -0.05) is 29.8 Å². The first-order valence-electron chi connectivity index (χ1n) is 11.0. The molecule has 2 N–H and O–H groups in total. The summed E-state index contributed by atoms with van der Waals surface area (Å²) in [4.78, 5) is 34.2. The van der Waals surface area contributed by atoms with Gasteiger partial charge in [0.25, 0.3) is 5.56 Å². The molecule has 0 saturated heterocycles. The summed E-state index contributed by atoms with van der Waals surface area (Å²) in [6, 6.07) is 8.44. The van der Waals surface area contributed by atoms with Gasteiger partial charge < -0.3 is 20.1 Å². The van der Waals surface area contributed by atoms with Crippen molar-refractivity contribution in [1.29, 1.82) is 0 Å². The lowest BCUT2D eigenvalue weighted by molar-refractivity contribution is -0.111. The number of anilines is 3. The third kappa shape index (κ3) is 4.96. The normalized spacial score (nSPS) is 10.8. The van der Waals surface area contributed by atoms with E-state index in [0.29, 0.717) is 50.1 Å². The fourth-order valence-corrected chi connectivity index (χ4v) is 4.41. The van der Waals surface area contributed by atoms with Gasteiger partial charge in [0.15, 0.2) is 0 Å². The lowest BCUT2D eigenvalue weighted by Gasteiger charge is -2.16. The van der Waals surface area contributed by atoms with Crippen molar-refractivity contribution in [3.8, 4) is 22.6 Å². The third-order valence-corrected chi connectivity index (χ3v) is 6.57. The predicted molar refractivity (Wildman–Crippen MR) is 147 cm³/mol. The van der Waals surface area contributed by atoms with Crippen molar-refractivity contribution in [2.24, 2.45) is 7.05 Å². The van der Waals surface area contributed by atoms with E-state index in [9.17, 15) is 9.59 Å². The van der Waals surface area contributed by atoms with Crippen LogP contribution in [0.1, 0.15) is 5.56 Å². The maximum absolute atomic E-state index is 13.4. The van der Waals surface area contributed by atoms with Crippen molar-refractivity contribution < 1.29 is 14.3 Å². The largest absolute Gasteiger partial charge is 0.497 e. The number of ether oxygens (including phenoxy) is 2. The van der Waals surface area contributed by atoms with Crippen molar-refractivity contribution in [1.82, 2.24) is 14.5 Å². The smallest absolute Gasteiger partial charge is 0.259 e. The Morgan fingerprint density at radius 2 is 1.86 bits per heavy atom. The molecule has 2 heterocycles. The molecule has 0 saturated carbocycles. The van der Waals surface area contributed by atoms with Gasteiger partial charge in [0.2, 0.25) is 11.9 Å².